The number of hydrogen-bond acceptors (Lipinski definition) is 6. The Morgan fingerprint density at radius 2 is 2.20 bits per heavy atom. The molecular weight excluding hydrogens is 424 g/mol. The number of carbonyl (C=O) groups is 1. The number of hydrogen-bond donors (Lipinski definition) is 1. The van der Waals surface area contributed by atoms with E-state index in [-0.39, 0.29) is 17.8 Å². The summed E-state index contributed by atoms with van der Waals surface area (Å²) in [7, 11) is 0. The van der Waals surface area contributed by atoms with Gasteiger partial charge in [0.15, 0.2) is 11.0 Å². The molecule has 158 valence electrons. The van der Waals surface area contributed by atoms with Gasteiger partial charge in [-0.25, -0.2) is 0 Å². The van der Waals surface area contributed by atoms with Crippen molar-refractivity contribution < 1.29 is 13.9 Å². The van der Waals surface area contributed by atoms with Gasteiger partial charge in [0, 0.05) is 17.3 Å². The molecule has 3 heterocycles. The average Bonchev–Trinajstić information content (AvgIpc) is 3.46. The van der Waals surface area contributed by atoms with Crippen LogP contribution < -0.4 is 5.32 Å². The number of ether oxygens (including phenoxy) is 1. The molecule has 3 aromatic rings. The Balaban J connectivity index is 1.50. The van der Waals surface area contributed by atoms with E-state index >= 15 is 0 Å². The van der Waals surface area contributed by atoms with E-state index in [1.54, 1.807) is 12.3 Å². The van der Waals surface area contributed by atoms with E-state index < -0.39 is 0 Å². The van der Waals surface area contributed by atoms with Crippen LogP contribution in [0, 0.1) is 13.8 Å². The topological polar surface area (TPSA) is 82.2 Å². The predicted molar refractivity (Wildman–Crippen MR) is 117 cm³/mol. The highest BCUT2D eigenvalue weighted by molar-refractivity contribution is 7.99. The van der Waals surface area contributed by atoms with Crippen molar-refractivity contribution in [3.05, 3.63) is 46.9 Å². The lowest BCUT2D eigenvalue weighted by molar-refractivity contribution is -0.113. The molecule has 1 atom stereocenters. The number of amides is 1. The molecule has 1 aliphatic rings. The van der Waals surface area contributed by atoms with Crippen LogP contribution >= 0.6 is 23.4 Å². The summed E-state index contributed by atoms with van der Waals surface area (Å²) in [5, 5.41) is 12.9. The van der Waals surface area contributed by atoms with Gasteiger partial charge >= 0.3 is 0 Å². The summed E-state index contributed by atoms with van der Waals surface area (Å²) in [5.74, 6) is 1.59. The van der Waals surface area contributed by atoms with Gasteiger partial charge < -0.3 is 14.5 Å². The number of aryl methyl sites for hydroxylation is 1. The number of nitrogens with zero attached hydrogens (tertiary/aromatic N) is 3. The summed E-state index contributed by atoms with van der Waals surface area (Å²) in [4.78, 5) is 12.5. The number of benzene rings is 1. The maximum absolute atomic E-state index is 12.5. The molecule has 0 radical (unpaired) electrons. The fourth-order valence-electron chi connectivity index (χ4n) is 3.43. The van der Waals surface area contributed by atoms with Crippen molar-refractivity contribution in [3.8, 4) is 11.4 Å². The summed E-state index contributed by atoms with van der Waals surface area (Å²) in [6.45, 7) is 5.19. The molecule has 2 aromatic heterocycles. The standard InChI is InChI=1S/C21H23ClN4O3S/c1-13-17(22)6-3-7-18(13)23-19(27)12-30-21-25-24-20(16-8-10-28-14(16)2)26(21)11-15-5-4-9-29-15/h3,6-8,10,15H,4-5,9,11-12H2,1-2H3,(H,23,27). The van der Waals surface area contributed by atoms with Crippen LogP contribution in [0.5, 0.6) is 0 Å². The third-order valence-corrected chi connectivity index (χ3v) is 6.48. The lowest BCUT2D eigenvalue weighted by Gasteiger charge is -2.14. The number of halogens is 1. The van der Waals surface area contributed by atoms with Crippen LogP contribution in [0.3, 0.4) is 0 Å². The van der Waals surface area contributed by atoms with Crippen LogP contribution in [0.2, 0.25) is 5.02 Å². The molecule has 4 rings (SSSR count). The maximum Gasteiger partial charge on any atom is 0.234 e. The second kappa shape index (κ2) is 9.24. The molecular formula is C21H23ClN4O3S. The molecule has 1 saturated heterocycles. The van der Waals surface area contributed by atoms with E-state index in [2.05, 4.69) is 15.5 Å². The van der Waals surface area contributed by atoms with Gasteiger partial charge in [-0.15, -0.1) is 10.2 Å². The molecule has 0 spiro atoms. The van der Waals surface area contributed by atoms with E-state index in [1.807, 2.05) is 36.6 Å². The fourth-order valence-corrected chi connectivity index (χ4v) is 4.35. The smallest absolute Gasteiger partial charge is 0.234 e. The van der Waals surface area contributed by atoms with Crippen molar-refractivity contribution >= 4 is 35.0 Å². The first-order valence-electron chi connectivity index (χ1n) is 9.80. The zero-order chi connectivity index (χ0) is 21.1. The molecule has 1 aromatic carbocycles. The van der Waals surface area contributed by atoms with Crippen LogP contribution in [0.25, 0.3) is 11.4 Å². The third kappa shape index (κ3) is 4.55. The quantitative estimate of drug-likeness (QED) is 0.529. The molecule has 0 bridgehead atoms. The van der Waals surface area contributed by atoms with Gasteiger partial charge in [0.25, 0.3) is 0 Å². The molecule has 0 aliphatic carbocycles. The molecule has 9 heteroatoms. The molecule has 1 unspecified atom stereocenters. The van der Waals surface area contributed by atoms with Gasteiger partial charge in [-0.1, -0.05) is 29.4 Å². The molecule has 7 nitrogen and oxygen atoms in total. The van der Waals surface area contributed by atoms with Crippen LogP contribution in [-0.4, -0.2) is 39.1 Å². The first kappa shape index (κ1) is 21.0. The first-order chi connectivity index (χ1) is 14.5. The second-order valence-corrected chi connectivity index (χ2v) is 8.54. The number of aromatic nitrogens is 3. The van der Waals surface area contributed by atoms with E-state index in [0.717, 1.165) is 42.2 Å². The molecule has 1 N–H and O–H groups in total. The van der Waals surface area contributed by atoms with E-state index in [1.165, 1.54) is 11.8 Å². The highest BCUT2D eigenvalue weighted by Crippen LogP contribution is 2.29. The summed E-state index contributed by atoms with van der Waals surface area (Å²) in [5.41, 5.74) is 2.45. The first-order valence-corrected chi connectivity index (χ1v) is 11.2. The van der Waals surface area contributed by atoms with Gasteiger partial charge in [0.1, 0.15) is 5.76 Å². The predicted octanol–water partition coefficient (Wildman–Crippen LogP) is 4.72. The largest absolute Gasteiger partial charge is 0.469 e. The van der Waals surface area contributed by atoms with Crippen molar-refractivity contribution in [1.82, 2.24) is 14.8 Å². The fraction of sp³-hybridized carbons (Fsp3) is 0.381. The summed E-state index contributed by atoms with van der Waals surface area (Å²) < 4.78 is 13.3. The number of carbonyl (C=O) groups excluding carboxylic acids is 1. The second-order valence-electron chi connectivity index (χ2n) is 7.19. The van der Waals surface area contributed by atoms with E-state index in [4.69, 9.17) is 20.8 Å². The highest BCUT2D eigenvalue weighted by atomic mass is 35.5. The molecule has 1 amide bonds. The number of nitrogens with one attached hydrogen (secondary N) is 1. The number of anilines is 1. The van der Waals surface area contributed by atoms with Crippen LogP contribution in [0.4, 0.5) is 5.69 Å². The van der Waals surface area contributed by atoms with Crippen molar-refractivity contribution in [3.63, 3.8) is 0 Å². The van der Waals surface area contributed by atoms with Gasteiger partial charge in [0.05, 0.1) is 30.2 Å². The van der Waals surface area contributed by atoms with Crippen molar-refractivity contribution in [2.75, 3.05) is 17.7 Å². The number of rotatable bonds is 7. The van der Waals surface area contributed by atoms with Gasteiger partial charge in [0.2, 0.25) is 5.91 Å². The Kier molecular flexibility index (Phi) is 6.46. The minimum Gasteiger partial charge on any atom is -0.469 e. The lowest BCUT2D eigenvalue weighted by Crippen LogP contribution is -2.18. The monoisotopic (exact) mass is 446 g/mol. The molecule has 0 saturated carbocycles. The van der Waals surface area contributed by atoms with Crippen molar-refractivity contribution in [2.24, 2.45) is 0 Å². The van der Waals surface area contributed by atoms with Crippen molar-refractivity contribution in [1.29, 1.82) is 0 Å². The Morgan fingerprint density at radius 1 is 1.33 bits per heavy atom. The molecule has 30 heavy (non-hydrogen) atoms. The zero-order valence-electron chi connectivity index (χ0n) is 16.9. The summed E-state index contributed by atoms with van der Waals surface area (Å²) in [6, 6.07) is 7.34. The van der Waals surface area contributed by atoms with Gasteiger partial charge in [-0.2, -0.15) is 0 Å². The van der Waals surface area contributed by atoms with Crippen LogP contribution in [0.1, 0.15) is 24.2 Å². The SMILES string of the molecule is Cc1occc1-c1nnc(SCC(=O)Nc2cccc(Cl)c2C)n1CC1CCCO1. The molecule has 1 fully saturated rings. The van der Waals surface area contributed by atoms with Crippen LogP contribution in [0.15, 0.2) is 40.1 Å². The van der Waals surface area contributed by atoms with Crippen LogP contribution in [-0.2, 0) is 16.1 Å². The third-order valence-electron chi connectivity index (χ3n) is 5.10. The average molecular weight is 447 g/mol. The Morgan fingerprint density at radius 3 is 2.93 bits per heavy atom. The van der Waals surface area contributed by atoms with E-state index in [9.17, 15) is 4.79 Å². The normalized spacial score (nSPS) is 16.2. The van der Waals surface area contributed by atoms with Crippen molar-refractivity contribution in [2.45, 2.75) is 44.5 Å². The summed E-state index contributed by atoms with van der Waals surface area (Å²) in [6.07, 6.45) is 3.81. The minimum absolute atomic E-state index is 0.120. The van der Waals surface area contributed by atoms with E-state index in [0.29, 0.717) is 22.4 Å². The Labute approximate surface area is 184 Å². The minimum atomic E-state index is -0.127. The highest BCUT2D eigenvalue weighted by Gasteiger charge is 2.23. The van der Waals surface area contributed by atoms with Gasteiger partial charge in [-0.3, -0.25) is 9.36 Å². The Hall–Kier alpha value is -2.29. The summed E-state index contributed by atoms with van der Waals surface area (Å²) >= 11 is 7.49. The number of furan rings is 1. The zero-order valence-corrected chi connectivity index (χ0v) is 18.4. The molecule has 1 aliphatic heterocycles. The number of thioether (sulfide) groups is 1. The van der Waals surface area contributed by atoms with Gasteiger partial charge in [-0.05, 0) is 50.5 Å². The Bertz CT molecular complexity index is 1040. The maximum atomic E-state index is 12.5. The lowest BCUT2D eigenvalue weighted by atomic mass is 10.2.